The first-order chi connectivity index (χ1) is 11.9. The Kier molecular flexibility index (Phi) is 6.55. The van der Waals surface area contributed by atoms with Crippen molar-refractivity contribution >= 4 is 40.8 Å². The number of ether oxygens (including phenoxy) is 2. The first-order valence-electron chi connectivity index (χ1n) is 6.82. The molecule has 0 radical (unpaired) electrons. The zero-order valence-corrected chi connectivity index (χ0v) is 14.0. The molecule has 132 valence electrons. The predicted octanol–water partition coefficient (Wildman–Crippen LogP) is 4.39. The highest BCUT2D eigenvalue weighted by molar-refractivity contribution is 6.35. The van der Waals surface area contributed by atoms with Crippen LogP contribution in [0.1, 0.15) is 10.4 Å². The number of hydrogen-bond donors (Lipinski definition) is 1. The third-order valence-electron chi connectivity index (χ3n) is 2.86. The van der Waals surface area contributed by atoms with Crippen LogP contribution in [0.5, 0.6) is 5.75 Å². The first kappa shape index (κ1) is 19.0. The van der Waals surface area contributed by atoms with Crippen LogP contribution in [0.25, 0.3) is 0 Å². The second-order valence-corrected chi connectivity index (χ2v) is 5.47. The lowest BCUT2D eigenvalue weighted by Gasteiger charge is -2.12. The summed E-state index contributed by atoms with van der Waals surface area (Å²) in [7, 11) is 0. The summed E-state index contributed by atoms with van der Waals surface area (Å²) in [6.45, 7) is -3.69. The Morgan fingerprint density at radius 3 is 2.56 bits per heavy atom. The van der Waals surface area contributed by atoms with Crippen molar-refractivity contribution in [1.29, 1.82) is 0 Å². The molecule has 2 rings (SSSR count). The van der Waals surface area contributed by atoms with E-state index in [1.54, 1.807) is 0 Å². The molecule has 0 aliphatic heterocycles. The summed E-state index contributed by atoms with van der Waals surface area (Å²) in [5, 5.41) is 2.71. The summed E-state index contributed by atoms with van der Waals surface area (Å²) < 4.78 is 33.8. The number of alkyl halides is 2. The molecule has 2 aromatic rings. The van der Waals surface area contributed by atoms with Crippen LogP contribution in [-0.4, -0.2) is 25.1 Å². The molecule has 0 aromatic heterocycles. The molecule has 0 spiro atoms. The Morgan fingerprint density at radius 1 is 1.12 bits per heavy atom. The molecule has 0 aliphatic carbocycles. The van der Waals surface area contributed by atoms with Gasteiger partial charge < -0.3 is 14.8 Å². The third kappa shape index (κ3) is 5.58. The minimum atomic E-state index is -3.04. The summed E-state index contributed by atoms with van der Waals surface area (Å²) in [5.41, 5.74) is 0.0213. The van der Waals surface area contributed by atoms with Crippen LogP contribution in [0.15, 0.2) is 42.5 Å². The van der Waals surface area contributed by atoms with E-state index in [4.69, 9.17) is 27.9 Å². The summed E-state index contributed by atoms with van der Waals surface area (Å²) in [6.07, 6.45) is 0. The number of carbonyl (C=O) groups is 2. The fourth-order valence-electron chi connectivity index (χ4n) is 1.82. The third-order valence-corrected chi connectivity index (χ3v) is 3.42. The van der Waals surface area contributed by atoms with E-state index in [0.29, 0.717) is 0 Å². The Balaban J connectivity index is 1.97. The van der Waals surface area contributed by atoms with Gasteiger partial charge in [0.1, 0.15) is 5.75 Å². The van der Waals surface area contributed by atoms with Crippen LogP contribution < -0.4 is 10.1 Å². The van der Waals surface area contributed by atoms with Crippen molar-refractivity contribution in [1.82, 2.24) is 0 Å². The van der Waals surface area contributed by atoms with Crippen molar-refractivity contribution in [2.24, 2.45) is 0 Å². The van der Waals surface area contributed by atoms with E-state index in [1.165, 1.54) is 42.5 Å². The van der Waals surface area contributed by atoms with Gasteiger partial charge in [0.2, 0.25) is 0 Å². The number of esters is 1. The van der Waals surface area contributed by atoms with Crippen LogP contribution in [-0.2, 0) is 9.53 Å². The number of carbonyl (C=O) groups excluding carboxylic acids is 2. The van der Waals surface area contributed by atoms with Gasteiger partial charge in [-0.15, -0.1) is 0 Å². The molecule has 2 aromatic carbocycles. The van der Waals surface area contributed by atoms with Crippen LogP contribution in [0, 0.1) is 0 Å². The molecule has 9 heteroatoms. The molecule has 5 nitrogen and oxygen atoms in total. The van der Waals surface area contributed by atoms with Crippen molar-refractivity contribution in [3.05, 3.63) is 58.1 Å². The van der Waals surface area contributed by atoms with E-state index >= 15 is 0 Å². The van der Waals surface area contributed by atoms with Crippen LogP contribution in [0.4, 0.5) is 14.5 Å². The van der Waals surface area contributed by atoms with E-state index in [1.807, 2.05) is 0 Å². The van der Waals surface area contributed by atoms with Gasteiger partial charge in [-0.2, -0.15) is 8.78 Å². The smallest absolute Gasteiger partial charge is 0.387 e. The largest absolute Gasteiger partial charge is 0.452 e. The highest BCUT2D eigenvalue weighted by atomic mass is 35.5. The van der Waals surface area contributed by atoms with Gasteiger partial charge in [0.15, 0.2) is 6.61 Å². The number of rotatable bonds is 6. The van der Waals surface area contributed by atoms with E-state index in [0.717, 1.165) is 0 Å². The van der Waals surface area contributed by atoms with Gasteiger partial charge in [-0.3, -0.25) is 4.79 Å². The molecule has 0 aliphatic rings. The quantitative estimate of drug-likeness (QED) is 0.744. The highest BCUT2D eigenvalue weighted by Gasteiger charge is 2.16. The van der Waals surface area contributed by atoms with Crippen LogP contribution in [0.3, 0.4) is 0 Å². The number of anilines is 1. The average Bonchev–Trinajstić information content (AvgIpc) is 2.56. The highest BCUT2D eigenvalue weighted by Crippen LogP contribution is 2.25. The zero-order valence-electron chi connectivity index (χ0n) is 12.5. The molecular formula is C16H11Cl2F2NO4. The van der Waals surface area contributed by atoms with Gasteiger partial charge >= 0.3 is 12.6 Å². The fraction of sp³-hybridized carbons (Fsp3) is 0.125. The maximum atomic E-state index is 12.3. The Hall–Kier alpha value is -2.38. The predicted molar refractivity (Wildman–Crippen MR) is 88.4 cm³/mol. The molecule has 0 saturated carbocycles. The average molecular weight is 390 g/mol. The van der Waals surface area contributed by atoms with Gasteiger partial charge in [0.25, 0.3) is 5.91 Å². The van der Waals surface area contributed by atoms with E-state index in [2.05, 4.69) is 10.1 Å². The molecule has 25 heavy (non-hydrogen) atoms. The fourth-order valence-corrected chi connectivity index (χ4v) is 2.18. The summed E-state index contributed by atoms with van der Waals surface area (Å²) >= 11 is 11.6. The second kappa shape index (κ2) is 8.64. The van der Waals surface area contributed by atoms with Crippen molar-refractivity contribution in [2.75, 3.05) is 11.9 Å². The van der Waals surface area contributed by atoms with Crippen LogP contribution >= 0.6 is 23.2 Å². The van der Waals surface area contributed by atoms with E-state index in [9.17, 15) is 18.4 Å². The topological polar surface area (TPSA) is 64.6 Å². The standard InChI is InChI=1S/C16H11Cl2F2NO4/c17-9-5-6-11(18)10(7-9)15(23)24-8-14(22)21-12-3-1-2-4-13(12)25-16(19)20/h1-7,16H,8H2,(H,21,22). The molecule has 0 fully saturated rings. The Labute approximate surface area is 151 Å². The maximum absolute atomic E-state index is 12.3. The van der Waals surface area contributed by atoms with Gasteiger partial charge in [0, 0.05) is 5.02 Å². The number of para-hydroxylation sites is 2. The Morgan fingerprint density at radius 2 is 1.84 bits per heavy atom. The lowest BCUT2D eigenvalue weighted by atomic mass is 10.2. The Bertz CT molecular complexity index is 786. The molecule has 1 amide bonds. The minimum absolute atomic E-state index is 0.00315. The number of nitrogens with one attached hydrogen (secondary N) is 1. The molecule has 0 unspecified atom stereocenters. The molecular weight excluding hydrogens is 379 g/mol. The number of amides is 1. The second-order valence-electron chi connectivity index (χ2n) is 4.62. The van der Waals surface area contributed by atoms with Gasteiger partial charge in [-0.25, -0.2) is 4.79 Å². The SMILES string of the molecule is O=C(COC(=O)c1cc(Cl)ccc1Cl)Nc1ccccc1OC(F)F. The van der Waals surface area contributed by atoms with Crippen molar-refractivity contribution in [3.8, 4) is 5.75 Å². The maximum Gasteiger partial charge on any atom is 0.387 e. The molecule has 0 atom stereocenters. The number of benzene rings is 2. The molecule has 1 N–H and O–H groups in total. The van der Waals surface area contributed by atoms with Crippen LogP contribution in [0.2, 0.25) is 10.0 Å². The number of hydrogen-bond acceptors (Lipinski definition) is 4. The minimum Gasteiger partial charge on any atom is -0.452 e. The van der Waals surface area contributed by atoms with E-state index < -0.39 is 25.1 Å². The summed E-state index contributed by atoms with van der Waals surface area (Å²) in [6, 6.07) is 9.83. The lowest BCUT2D eigenvalue weighted by molar-refractivity contribution is -0.119. The molecule has 0 saturated heterocycles. The lowest BCUT2D eigenvalue weighted by Crippen LogP contribution is -2.21. The van der Waals surface area contributed by atoms with Gasteiger partial charge in [-0.1, -0.05) is 35.3 Å². The molecule has 0 bridgehead atoms. The normalized spacial score (nSPS) is 10.4. The van der Waals surface area contributed by atoms with Crippen molar-refractivity contribution in [2.45, 2.75) is 6.61 Å². The van der Waals surface area contributed by atoms with Crippen molar-refractivity contribution in [3.63, 3.8) is 0 Å². The van der Waals surface area contributed by atoms with Gasteiger partial charge in [0.05, 0.1) is 16.3 Å². The van der Waals surface area contributed by atoms with Crippen molar-refractivity contribution < 1.29 is 27.8 Å². The van der Waals surface area contributed by atoms with E-state index in [-0.39, 0.29) is 27.0 Å². The first-order valence-corrected chi connectivity index (χ1v) is 7.58. The van der Waals surface area contributed by atoms with Gasteiger partial charge in [-0.05, 0) is 30.3 Å². The monoisotopic (exact) mass is 389 g/mol. The zero-order chi connectivity index (χ0) is 18.4. The number of halogens is 4. The summed E-state index contributed by atoms with van der Waals surface area (Å²) in [4.78, 5) is 23.8. The summed E-state index contributed by atoms with van der Waals surface area (Å²) in [5.74, 6) is -1.80. The molecule has 0 heterocycles.